The van der Waals surface area contributed by atoms with E-state index in [2.05, 4.69) is 18.2 Å². The van der Waals surface area contributed by atoms with E-state index in [9.17, 15) is 0 Å². The largest absolute Gasteiger partial charge is 0.493 e. The third-order valence-corrected chi connectivity index (χ3v) is 6.19. The molecule has 0 spiro atoms. The van der Waals surface area contributed by atoms with Crippen molar-refractivity contribution in [3.8, 4) is 5.75 Å². The number of ether oxygens (including phenoxy) is 1. The molecule has 1 aromatic rings. The lowest BCUT2D eigenvalue weighted by molar-refractivity contribution is 0.117. The molecular formula is C19H27NO. The van der Waals surface area contributed by atoms with Gasteiger partial charge in [-0.1, -0.05) is 37.8 Å². The Morgan fingerprint density at radius 3 is 2.81 bits per heavy atom. The molecule has 4 unspecified atom stereocenters. The van der Waals surface area contributed by atoms with Crippen molar-refractivity contribution in [3.05, 3.63) is 29.3 Å². The van der Waals surface area contributed by atoms with Gasteiger partial charge in [-0.15, -0.1) is 0 Å². The quantitative estimate of drug-likeness (QED) is 0.882. The van der Waals surface area contributed by atoms with Crippen LogP contribution >= 0.6 is 0 Å². The summed E-state index contributed by atoms with van der Waals surface area (Å²) < 4.78 is 5.61. The van der Waals surface area contributed by atoms with Gasteiger partial charge in [0.05, 0.1) is 6.61 Å². The fourth-order valence-corrected chi connectivity index (χ4v) is 4.92. The molecule has 114 valence electrons. The van der Waals surface area contributed by atoms with Crippen molar-refractivity contribution in [1.82, 2.24) is 0 Å². The van der Waals surface area contributed by atoms with Crippen molar-refractivity contribution in [2.75, 3.05) is 6.61 Å². The van der Waals surface area contributed by atoms with Gasteiger partial charge in [-0.25, -0.2) is 0 Å². The molecule has 4 atom stereocenters. The number of nitrogens with two attached hydrogens (primary N) is 1. The van der Waals surface area contributed by atoms with E-state index in [-0.39, 0.29) is 6.04 Å². The van der Waals surface area contributed by atoms with Crippen LogP contribution in [0, 0.1) is 17.8 Å². The van der Waals surface area contributed by atoms with Gasteiger partial charge in [-0.2, -0.15) is 0 Å². The van der Waals surface area contributed by atoms with E-state index in [1.807, 2.05) is 0 Å². The molecule has 21 heavy (non-hydrogen) atoms. The summed E-state index contributed by atoms with van der Waals surface area (Å²) in [5.74, 6) is 3.73. The van der Waals surface area contributed by atoms with E-state index in [0.29, 0.717) is 5.92 Å². The molecule has 0 amide bonds. The average Bonchev–Trinajstić information content (AvgIpc) is 3.01. The van der Waals surface area contributed by atoms with Gasteiger partial charge in [0.1, 0.15) is 5.75 Å². The van der Waals surface area contributed by atoms with Gasteiger partial charge < -0.3 is 10.5 Å². The zero-order valence-electron chi connectivity index (χ0n) is 12.9. The smallest absolute Gasteiger partial charge is 0.122 e. The zero-order valence-corrected chi connectivity index (χ0v) is 12.9. The van der Waals surface area contributed by atoms with Crippen molar-refractivity contribution < 1.29 is 4.74 Å². The van der Waals surface area contributed by atoms with Gasteiger partial charge in [0, 0.05) is 12.5 Å². The Kier molecular flexibility index (Phi) is 3.66. The molecular weight excluding hydrogens is 258 g/mol. The first-order valence-electron chi connectivity index (χ1n) is 8.82. The molecule has 1 aromatic carbocycles. The molecule has 4 rings (SSSR count). The lowest BCUT2D eigenvalue weighted by Crippen LogP contribution is -2.33. The fourth-order valence-electron chi connectivity index (χ4n) is 4.92. The molecule has 2 saturated carbocycles. The van der Waals surface area contributed by atoms with E-state index in [4.69, 9.17) is 10.5 Å². The second kappa shape index (κ2) is 5.64. The topological polar surface area (TPSA) is 35.2 Å². The molecule has 0 saturated heterocycles. The summed E-state index contributed by atoms with van der Waals surface area (Å²) in [7, 11) is 0. The highest BCUT2D eigenvalue weighted by atomic mass is 16.5. The Bertz CT molecular complexity index is 512. The minimum absolute atomic E-state index is 0.221. The zero-order chi connectivity index (χ0) is 14.2. The van der Waals surface area contributed by atoms with Crippen molar-refractivity contribution in [1.29, 1.82) is 0 Å². The van der Waals surface area contributed by atoms with Crippen molar-refractivity contribution >= 4 is 0 Å². The predicted molar refractivity (Wildman–Crippen MR) is 85.4 cm³/mol. The Morgan fingerprint density at radius 1 is 1.05 bits per heavy atom. The molecule has 0 bridgehead atoms. The highest BCUT2D eigenvalue weighted by Gasteiger charge is 2.34. The van der Waals surface area contributed by atoms with Gasteiger partial charge in [0.25, 0.3) is 0 Å². The van der Waals surface area contributed by atoms with Crippen LogP contribution in [0.15, 0.2) is 18.2 Å². The molecule has 0 radical (unpaired) electrons. The van der Waals surface area contributed by atoms with Crippen LogP contribution in [-0.2, 0) is 6.42 Å². The Labute approximate surface area is 128 Å². The first kappa shape index (κ1) is 13.6. The van der Waals surface area contributed by atoms with Gasteiger partial charge >= 0.3 is 0 Å². The van der Waals surface area contributed by atoms with Gasteiger partial charge in [0.2, 0.25) is 0 Å². The lowest BCUT2D eigenvalue weighted by Gasteiger charge is -2.41. The SMILES string of the molecule is NC(c1ccc2c(c1)CCO2)C1CCC2CCCCC2C1. The van der Waals surface area contributed by atoms with E-state index in [1.165, 1.54) is 56.1 Å². The van der Waals surface area contributed by atoms with Crippen molar-refractivity contribution in [2.24, 2.45) is 23.5 Å². The highest BCUT2D eigenvalue weighted by Crippen LogP contribution is 2.45. The summed E-state index contributed by atoms with van der Waals surface area (Å²) in [6.07, 6.45) is 11.0. The first-order chi connectivity index (χ1) is 10.3. The molecule has 2 N–H and O–H groups in total. The van der Waals surface area contributed by atoms with E-state index in [0.717, 1.165) is 30.6 Å². The van der Waals surface area contributed by atoms with Crippen molar-refractivity contribution in [2.45, 2.75) is 57.4 Å². The number of hydrogen-bond acceptors (Lipinski definition) is 2. The normalized spacial score (nSPS) is 32.9. The maximum atomic E-state index is 6.64. The van der Waals surface area contributed by atoms with Crippen LogP contribution in [-0.4, -0.2) is 6.61 Å². The number of hydrogen-bond donors (Lipinski definition) is 1. The second-order valence-corrected chi connectivity index (χ2v) is 7.37. The molecule has 2 heteroatoms. The third kappa shape index (κ3) is 2.59. The molecule has 0 aromatic heterocycles. The Balaban J connectivity index is 1.48. The summed E-state index contributed by atoms with van der Waals surface area (Å²) in [5, 5.41) is 0. The van der Waals surface area contributed by atoms with Crippen LogP contribution in [0.3, 0.4) is 0 Å². The molecule has 2 nitrogen and oxygen atoms in total. The van der Waals surface area contributed by atoms with Crippen LogP contribution in [0.5, 0.6) is 5.75 Å². The maximum Gasteiger partial charge on any atom is 0.122 e. The third-order valence-electron chi connectivity index (χ3n) is 6.19. The molecule has 1 aliphatic heterocycles. The van der Waals surface area contributed by atoms with Crippen LogP contribution in [0.25, 0.3) is 0 Å². The van der Waals surface area contributed by atoms with Crippen LogP contribution < -0.4 is 10.5 Å². The number of benzene rings is 1. The van der Waals surface area contributed by atoms with E-state index in [1.54, 1.807) is 0 Å². The van der Waals surface area contributed by atoms with Gasteiger partial charge in [0.15, 0.2) is 0 Å². The Morgan fingerprint density at radius 2 is 1.90 bits per heavy atom. The molecule has 2 fully saturated rings. The molecule has 3 aliphatic rings. The summed E-state index contributed by atoms with van der Waals surface area (Å²) >= 11 is 0. The maximum absolute atomic E-state index is 6.64. The van der Waals surface area contributed by atoms with Gasteiger partial charge in [-0.3, -0.25) is 0 Å². The first-order valence-corrected chi connectivity index (χ1v) is 8.82. The fraction of sp³-hybridized carbons (Fsp3) is 0.684. The molecule has 2 aliphatic carbocycles. The van der Waals surface area contributed by atoms with Crippen LogP contribution in [0.4, 0.5) is 0 Å². The molecule has 1 heterocycles. The summed E-state index contributed by atoms with van der Waals surface area (Å²) in [6.45, 7) is 0.835. The summed E-state index contributed by atoms with van der Waals surface area (Å²) in [4.78, 5) is 0. The van der Waals surface area contributed by atoms with E-state index < -0.39 is 0 Å². The van der Waals surface area contributed by atoms with E-state index >= 15 is 0 Å². The minimum Gasteiger partial charge on any atom is -0.493 e. The van der Waals surface area contributed by atoms with Gasteiger partial charge in [-0.05, 0) is 54.2 Å². The second-order valence-electron chi connectivity index (χ2n) is 7.37. The highest BCUT2D eigenvalue weighted by molar-refractivity contribution is 5.40. The summed E-state index contributed by atoms with van der Waals surface area (Å²) in [5.41, 5.74) is 9.33. The average molecular weight is 285 g/mol. The van der Waals surface area contributed by atoms with Crippen molar-refractivity contribution in [3.63, 3.8) is 0 Å². The van der Waals surface area contributed by atoms with Crippen LogP contribution in [0.1, 0.15) is 62.1 Å². The number of rotatable bonds is 2. The standard InChI is InChI=1S/C19H27NO/c20-19(17-7-8-18-15(12-17)9-10-21-18)16-6-5-13-3-1-2-4-14(13)11-16/h7-8,12-14,16,19H,1-6,9-11,20H2. The minimum atomic E-state index is 0.221. The predicted octanol–water partition coefficient (Wildman–Crippen LogP) is 4.23. The lowest BCUT2D eigenvalue weighted by atomic mass is 9.65. The Hall–Kier alpha value is -1.02. The van der Waals surface area contributed by atoms with Crippen LogP contribution in [0.2, 0.25) is 0 Å². The summed E-state index contributed by atoms with van der Waals surface area (Å²) in [6, 6.07) is 6.85. The monoisotopic (exact) mass is 285 g/mol. The number of fused-ring (bicyclic) bond motifs is 2.